The van der Waals surface area contributed by atoms with Crippen molar-refractivity contribution in [1.82, 2.24) is 4.90 Å². The van der Waals surface area contributed by atoms with Gasteiger partial charge < -0.3 is 29.2 Å². The van der Waals surface area contributed by atoms with E-state index in [2.05, 4.69) is 31.0 Å². The number of unbranched alkanes of at least 4 members (excludes halogenated alkanes) is 1. The molecule has 1 N–H and O–H groups in total. The Morgan fingerprint density at radius 2 is 1.53 bits per heavy atom. The molecule has 0 bridgehead atoms. The van der Waals surface area contributed by atoms with Crippen LogP contribution < -0.4 is 24.3 Å². The van der Waals surface area contributed by atoms with Crippen LogP contribution in [0.15, 0.2) is 36.4 Å². The van der Waals surface area contributed by atoms with Gasteiger partial charge in [0, 0.05) is 23.9 Å². The van der Waals surface area contributed by atoms with Crippen molar-refractivity contribution in [3.05, 3.63) is 42.0 Å². The molecule has 1 amide bonds. The number of nitrogens with one attached hydrogen (secondary N) is 1. The second-order valence-corrected chi connectivity index (χ2v) is 7.26. The number of hydrogen-bond acceptors (Lipinski definition) is 6. The molecule has 32 heavy (non-hydrogen) atoms. The summed E-state index contributed by atoms with van der Waals surface area (Å²) in [5.41, 5.74) is 1.10. The summed E-state index contributed by atoms with van der Waals surface area (Å²) in [5.74, 6) is 2.13. The zero-order valence-corrected chi connectivity index (χ0v) is 19.9. The van der Waals surface area contributed by atoms with Gasteiger partial charge >= 0.3 is 0 Å². The van der Waals surface area contributed by atoms with Gasteiger partial charge in [-0.05, 0) is 49.8 Å². The molecule has 0 aliphatic heterocycles. The van der Waals surface area contributed by atoms with Gasteiger partial charge in [-0.3, -0.25) is 4.79 Å². The van der Waals surface area contributed by atoms with Crippen LogP contribution in [0.1, 0.15) is 44.0 Å². The summed E-state index contributed by atoms with van der Waals surface area (Å²) < 4.78 is 22.5. The molecule has 0 saturated heterocycles. The molecule has 2 aromatic carbocycles. The fourth-order valence-electron chi connectivity index (χ4n) is 3.15. The lowest BCUT2D eigenvalue weighted by atomic mass is 10.1. The van der Waals surface area contributed by atoms with Gasteiger partial charge in [0.15, 0.2) is 23.0 Å². The molecule has 0 aliphatic rings. The molecule has 7 heteroatoms. The molecule has 0 aliphatic carbocycles. The van der Waals surface area contributed by atoms with Crippen molar-refractivity contribution in [3.8, 4) is 23.0 Å². The van der Waals surface area contributed by atoms with Crippen LogP contribution in [0.25, 0.3) is 0 Å². The first-order chi connectivity index (χ1) is 15.6. The maximum atomic E-state index is 12.8. The van der Waals surface area contributed by atoms with Gasteiger partial charge in [0.1, 0.15) is 6.61 Å². The lowest BCUT2D eigenvalue weighted by molar-refractivity contribution is 0.102. The topological polar surface area (TPSA) is 69.3 Å². The highest BCUT2D eigenvalue weighted by molar-refractivity contribution is 6.04. The van der Waals surface area contributed by atoms with E-state index in [0.29, 0.717) is 47.5 Å². The molecule has 2 aromatic rings. The Balaban J connectivity index is 2.08. The number of amides is 1. The standard InChI is InChI=1S/C25H36N2O5/c1-6-9-15-31-22-12-10-19(17-23(22)30-5)25(28)26-20-11-13-21(29-4)24(18-20)32-16-14-27(7-2)8-3/h10-13,17-18H,6-9,14-16H2,1-5H3,(H,26,28). The average molecular weight is 445 g/mol. The maximum Gasteiger partial charge on any atom is 0.255 e. The maximum absolute atomic E-state index is 12.8. The van der Waals surface area contributed by atoms with Crippen molar-refractivity contribution in [2.45, 2.75) is 33.6 Å². The van der Waals surface area contributed by atoms with Crippen molar-refractivity contribution < 1.29 is 23.7 Å². The smallest absolute Gasteiger partial charge is 0.255 e. The third-order valence-corrected chi connectivity index (χ3v) is 5.16. The summed E-state index contributed by atoms with van der Waals surface area (Å²) in [4.78, 5) is 15.1. The Kier molecular flexibility index (Phi) is 10.7. The Bertz CT molecular complexity index is 852. The number of rotatable bonds is 14. The number of hydrogen-bond donors (Lipinski definition) is 1. The SMILES string of the molecule is CCCCOc1ccc(C(=O)Nc2ccc(OC)c(OCCN(CC)CC)c2)cc1OC. The van der Waals surface area contributed by atoms with Crippen molar-refractivity contribution in [1.29, 1.82) is 0 Å². The monoisotopic (exact) mass is 444 g/mol. The van der Waals surface area contributed by atoms with E-state index in [1.54, 1.807) is 50.6 Å². The van der Waals surface area contributed by atoms with Gasteiger partial charge in [0.05, 0.1) is 20.8 Å². The predicted molar refractivity (Wildman–Crippen MR) is 128 cm³/mol. The lowest BCUT2D eigenvalue weighted by Crippen LogP contribution is -2.28. The van der Waals surface area contributed by atoms with Gasteiger partial charge in [0.25, 0.3) is 5.91 Å². The number of likely N-dealkylation sites (N-methyl/N-ethyl adjacent to an activating group) is 1. The first kappa shape index (κ1) is 25.3. The van der Waals surface area contributed by atoms with Gasteiger partial charge in [-0.2, -0.15) is 0 Å². The molecule has 0 aromatic heterocycles. The van der Waals surface area contributed by atoms with Crippen molar-refractivity contribution in [2.24, 2.45) is 0 Å². The Labute approximate surface area is 191 Å². The molecule has 176 valence electrons. The third-order valence-electron chi connectivity index (χ3n) is 5.16. The zero-order valence-electron chi connectivity index (χ0n) is 19.9. The normalized spacial score (nSPS) is 10.7. The van der Waals surface area contributed by atoms with E-state index in [4.69, 9.17) is 18.9 Å². The largest absolute Gasteiger partial charge is 0.493 e. The van der Waals surface area contributed by atoms with Gasteiger partial charge in [-0.1, -0.05) is 27.2 Å². The molecule has 0 radical (unpaired) electrons. The summed E-state index contributed by atoms with van der Waals surface area (Å²) in [6.45, 7) is 10.3. The number of anilines is 1. The zero-order chi connectivity index (χ0) is 23.3. The first-order valence-electron chi connectivity index (χ1n) is 11.2. The van der Waals surface area contributed by atoms with Crippen LogP contribution in [0.4, 0.5) is 5.69 Å². The molecule has 0 atom stereocenters. The quantitative estimate of drug-likeness (QED) is 0.420. The molecular weight excluding hydrogens is 408 g/mol. The molecule has 0 heterocycles. The van der Waals surface area contributed by atoms with E-state index >= 15 is 0 Å². The van der Waals surface area contributed by atoms with Crippen LogP contribution in [0.3, 0.4) is 0 Å². The molecule has 0 spiro atoms. The summed E-state index contributed by atoms with van der Waals surface area (Å²) in [5, 5.41) is 2.91. The first-order valence-corrected chi connectivity index (χ1v) is 11.2. The highest BCUT2D eigenvalue weighted by Crippen LogP contribution is 2.31. The van der Waals surface area contributed by atoms with E-state index in [0.717, 1.165) is 32.5 Å². The molecule has 0 saturated carbocycles. The van der Waals surface area contributed by atoms with Crippen LogP contribution in [-0.2, 0) is 0 Å². The predicted octanol–water partition coefficient (Wildman–Crippen LogP) is 4.86. The van der Waals surface area contributed by atoms with Crippen molar-refractivity contribution in [3.63, 3.8) is 0 Å². The van der Waals surface area contributed by atoms with E-state index in [-0.39, 0.29) is 5.91 Å². The number of nitrogens with zero attached hydrogens (tertiary/aromatic N) is 1. The van der Waals surface area contributed by atoms with Crippen molar-refractivity contribution >= 4 is 11.6 Å². The summed E-state index contributed by atoms with van der Waals surface area (Å²) in [7, 11) is 3.16. The Morgan fingerprint density at radius 1 is 0.844 bits per heavy atom. The fraction of sp³-hybridized carbons (Fsp3) is 0.480. The minimum Gasteiger partial charge on any atom is -0.493 e. The third kappa shape index (κ3) is 7.34. The van der Waals surface area contributed by atoms with Crippen molar-refractivity contribution in [2.75, 3.05) is 52.4 Å². The second-order valence-electron chi connectivity index (χ2n) is 7.26. The number of methoxy groups -OCH3 is 2. The van der Waals surface area contributed by atoms with E-state index in [1.807, 2.05) is 0 Å². The van der Waals surface area contributed by atoms with Crippen LogP contribution in [0.5, 0.6) is 23.0 Å². The minimum absolute atomic E-state index is 0.248. The minimum atomic E-state index is -0.248. The summed E-state index contributed by atoms with van der Waals surface area (Å²) in [6.07, 6.45) is 2.01. The van der Waals surface area contributed by atoms with E-state index < -0.39 is 0 Å². The van der Waals surface area contributed by atoms with Gasteiger partial charge in [-0.15, -0.1) is 0 Å². The highest BCUT2D eigenvalue weighted by Gasteiger charge is 2.13. The average Bonchev–Trinajstić information content (AvgIpc) is 2.82. The van der Waals surface area contributed by atoms with Crippen LogP contribution >= 0.6 is 0 Å². The summed E-state index contributed by atoms with van der Waals surface area (Å²) in [6, 6.07) is 10.5. The van der Waals surface area contributed by atoms with E-state index in [9.17, 15) is 4.79 Å². The Hall–Kier alpha value is -2.93. The fourth-order valence-corrected chi connectivity index (χ4v) is 3.15. The Morgan fingerprint density at radius 3 is 2.19 bits per heavy atom. The number of carbonyl (C=O) groups excluding carboxylic acids is 1. The van der Waals surface area contributed by atoms with Gasteiger partial charge in [0.2, 0.25) is 0 Å². The van der Waals surface area contributed by atoms with E-state index in [1.165, 1.54) is 0 Å². The van der Waals surface area contributed by atoms with Crippen LogP contribution in [-0.4, -0.2) is 57.9 Å². The van der Waals surface area contributed by atoms with Gasteiger partial charge in [-0.25, -0.2) is 0 Å². The van der Waals surface area contributed by atoms with Crippen LogP contribution in [0.2, 0.25) is 0 Å². The summed E-state index contributed by atoms with van der Waals surface area (Å²) >= 11 is 0. The molecule has 7 nitrogen and oxygen atoms in total. The van der Waals surface area contributed by atoms with Crippen LogP contribution in [0, 0.1) is 0 Å². The molecule has 0 fully saturated rings. The molecule has 0 unspecified atom stereocenters. The number of ether oxygens (including phenoxy) is 4. The highest BCUT2D eigenvalue weighted by atomic mass is 16.5. The number of carbonyl (C=O) groups is 1. The second kappa shape index (κ2) is 13.5. The number of benzene rings is 2. The molecular formula is C25H36N2O5. The molecule has 2 rings (SSSR count). The lowest BCUT2D eigenvalue weighted by Gasteiger charge is -2.19.